The van der Waals surface area contributed by atoms with Gasteiger partial charge in [0.1, 0.15) is 0 Å². The molecule has 3 nitrogen and oxygen atoms in total. The van der Waals surface area contributed by atoms with E-state index in [0.717, 1.165) is 18.5 Å². The van der Waals surface area contributed by atoms with Gasteiger partial charge in [-0.3, -0.25) is 4.79 Å². The molecule has 0 saturated carbocycles. The van der Waals surface area contributed by atoms with Crippen LogP contribution in [-0.4, -0.2) is 11.9 Å². The lowest BCUT2D eigenvalue weighted by molar-refractivity contribution is -0.124. The van der Waals surface area contributed by atoms with Crippen LogP contribution < -0.4 is 10.6 Å². The van der Waals surface area contributed by atoms with Crippen molar-refractivity contribution < 1.29 is 4.79 Å². The first-order valence-electron chi connectivity index (χ1n) is 7.80. The Balaban J connectivity index is 1.64. The lowest BCUT2D eigenvalue weighted by Crippen LogP contribution is -2.48. The van der Waals surface area contributed by atoms with E-state index in [0.29, 0.717) is 0 Å². The van der Waals surface area contributed by atoms with Crippen LogP contribution in [0.25, 0.3) is 0 Å². The van der Waals surface area contributed by atoms with Crippen molar-refractivity contribution in [3.05, 3.63) is 70.8 Å². The average Bonchev–Trinajstić information content (AvgIpc) is 2.55. The first kappa shape index (κ1) is 14.8. The molecule has 1 heterocycles. The highest BCUT2D eigenvalue weighted by atomic mass is 16.2. The molecule has 0 saturated heterocycles. The Morgan fingerprint density at radius 3 is 2.55 bits per heavy atom. The van der Waals surface area contributed by atoms with Gasteiger partial charge in [-0.2, -0.15) is 0 Å². The first-order chi connectivity index (χ1) is 10.6. The number of hydrogen-bond donors (Lipinski definition) is 2. The van der Waals surface area contributed by atoms with Crippen LogP contribution in [0, 0.1) is 6.92 Å². The number of benzene rings is 2. The zero-order valence-electron chi connectivity index (χ0n) is 13.1. The molecule has 0 bridgehead atoms. The maximum absolute atomic E-state index is 12.5. The summed E-state index contributed by atoms with van der Waals surface area (Å²) in [4.78, 5) is 12.5. The van der Waals surface area contributed by atoms with Crippen LogP contribution in [0.3, 0.4) is 0 Å². The Morgan fingerprint density at radius 2 is 1.82 bits per heavy atom. The van der Waals surface area contributed by atoms with Gasteiger partial charge in [-0.15, -0.1) is 0 Å². The van der Waals surface area contributed by atoms with Gasteiger partial charge in [0, 0.05) is 6.54 Å². The molecular formula is C19H22N2O. The molecule has 114 valence electrons. The van der Waals surface area contributed by atoms with Crippen LogP contribution in [0.15, 0.2) is 48.5 Å². The zero-order valence-corrected chi connectivity index (χ0v) is 13.1. The normalized spacial score (nSPS) is 18.4. The van der Waals surface area contributed by atoms with Gasteiger partial charge in [-0.25, -0.2) is 0 Å². The van der Waals surface area contributed by atoms with Gasteiger partial charge in [-0.05, 0) is 37.0 Å². The van der Waals surface area contributed by atoms with Gasteiger partial charge in [-0.1, -0.05) is 54.1 Å². The van der Waals surface area contributed by atoms with Crippen LogP contribution in [0.5, 0.6) is 0 Å². The number of carbonyl (C=O) groups excluding carboxylic acids is 1. The summed E-state index contributed by atoms with van der Waals surface area (Å²) >= 11 is 0. The van der Waals surface area contributed by atoms with E-state index in [4.69, 9.17) is 0 Å². The third-order valence-corrected chi connectivity index (χ3v) is 4.33. The molecule has 2 aromatic carbocycles. The van der Waals surface area contributed by atoms with E-state index in [2.05, 4.69) is 54.0 Å². The van der Waals surface area contributed by atoms with Crippen LogP contribution in [-0.2, 0) is 17.8 Å². The summed E-state index contributed by atoms with van der Waals surface area (Å²) in [5.41, 5.74) is 4.92. The molecule has 3 rings (SSSR count). The van der Waals surface area contributed by atoms with Crippen LogP contribution in [0.1, 0.15) is 35.2 Å². The third kappa shape index (κ3) is 3.20. The third-order valence-electron chi connectivity index (χ3n) is 4.33. The highest BCUT2D eigenvalue weighted by Crippen LogP contribution is 2.18. The largest absolute Gasteiger partial charge is 0.348 e. The summed E-state index contributed by atoms with van der Waals surface area (Å²) < 4.78 is 0. The smallest absolute Gasteiger partial charge is 0.237 e. The highest BCUT2D eigenvalue weighted by Gasteiger charge is 2.24. The number of aryl methyl sites for hydroxylation is 1. The maximum atomic E-state index is 12.5. The lowest BCUT2D eigenvalue weighted by Gasteiger charge is -2.26. The molecule has 2 N–H and O–H groups in total. The average molecular weight is 294 g/mol. The van der Waals surface area contributed by atoms with E-state index in [1.54, 1.807) is 0 Å². The number of rotatable bonds is 3. The van der Waals surface area contributed by atoms with Crippen molar-refractivity contribution in [1.82, 2.24) is 10.6 Å². The molecule has 1 aliphatic heterocycles. The number of hydrogen-bond acceptors (Lipinski definition) is 2. The summed E-state index contributed by atoms with van der Waals surface area (Å²) in [7, 11) is 0. The molecule has 0 fully saturated rings. The quantitative estimate of drug-likeness (QED) is 0.914. The van der Waals surface area contributed by atoms with Gasteiger partial charge >= 0.3 is 0 Å². The second kappa shape index (κ2) is 6.32. The molecule has 0 aromatic heterocycles. The molecule has 2 atom stereocenters. The Kier molecular flexibility index (Phi) is 4.25. The lowest BCUT2D eigenvalue weighted by atomic mass is 9.95. The van der Waals surface area contributed by atoms with Crippen molar-refractivity contribution >= 4 is 5.91 Å². The number of amides is 1. The fraction of sp³-hybridized carbons (Fsp3) is 0.316. The molecule has 1 aliphatic rings. The summed E-state index contributed by atoms with van der Waals surface area (Å²) in [6.45, 7) is 4.85. The topological polar surface area (TPSA) is 41.1 Å². The monoisotopic (exact) mass is 294 g/mol. The van der Waals surface area contributed by atoms with Crippen LogP contribution >= 0.6 is 0 Å². The fourth-order valence-electron chi connectivity index (χ4n) is 2.89. The Hall–Kier alpha value is -2.13. The van der Waals surface area contributed by atoms with E-state index in [1.807, 2.05) is 19.1 Å². The molecular weight excluding hydrogens is 272 g/mol. The highest BCUT2D eigenvalue weighted by molar-refractivity contribution is 5.82. The molecule has 0 aliphatic carbocycles. The van der Waals surface area contributed by atoms with Crippen LogP contribution in [0.4, 0.5) is 0 Å². The summed E-state index contributed by atoms with van der Waals surface area (Å²) in [5, 5.41) is 6.44. The second-order valence-electron chi connectivity index (χ2n) is 6.05. The standard InChI is InChI=1S/C19H22N2O/c1-13-7-9-15(10-8-13)14(2)21-19(22)18-11-16-5-3-4-6-17(16)12-20-18/h3-10,14,18,20H,11-12H2,1-2H3,(H,21,22). The maximum Gasteiger partial charge on any atom is 0.237 e. The molecule has 2 unspecified atom stereocenters. The van der Waals surface area contributed by atoms with Gasteiger partial charge in [0.2, 0.25) is 5.91 Å². The predicted octanol–water partition coefficient (Wildman–Crippen LogP) is 2.89. The molecule has 22 heavy (non-hydrogen) atoms. The van der Waals surface area contributed by atoms with Crippen molar-refractivity contribution in [1.29, 1.82) is 0 Å². The fourth-order valence-corrected chi connectivity index (χ4v) is 2.89. The minimum absolute atomic E-state index is 0.0204. The van der Waals surface area contributed by atoms with Crippen LogP contribution in [0.2, 0.25) is 0 Å². The SMILES string of the molecule is Cc1ccc(C(C)NC(=O)C2Cc3ccccc3CN2)cc1. The Bertz CT molecular complexity index is 663. The number of nitrogens with one attached hydrogen (secondary N) is 2. The Morgan fingerprint density at radius 1 is 1.14 bits per heavy atom. The predicted molar refractivity (Wildman–Crippen MR) is 88.5 cm³/mol. The van der Waals surface area contributed by atoms with Crippen molar-refractivity contribution in [3.8, 4) is 0 Å². The van der Waals surface area contributed by atoms with Gasteiger partial charge in [0.25, 0.3) is 0 Å². The molecule has 0 spiro atoms. The molecule has 1 amide bonds. The minimum Gasteiger partial charge on any atom is -0.348 e. The molecule has 2 aromatic rings. The van der Waals surface area contributed by atoms with E-state index in [-0.39, 0.29) is 18.0 Å². The summed E-state index contributed by atoms with van der Waals surface area (Å²) in [5.74, 6) is 0.0718. The van der Waals surface area contributed by atoms with Crippen molar-refractivity contribution in [2.24, 2.45) is 0 Å². The minimum atomic E-state index is -0.150. The van der Waals surface area contributed by atoms with Crippen molar-refractivity contribution in [3.63, 3.8) is 0 Å². The molecule has 3 heteroatoms. The van der Waals surface area contributed by atoms with Crippen molar-refractivity contribution in [2.45, 2.75) is 38.9 Å². The van der Waals surface area contributed by atoms with Gasteiger partial charge in [0.05, 0.1) is 12.1 Å². The number of carbonyl (C=O) groups is 1. The number of fused-ring (bicyclic) bond motifs is 1. The first-order valence-corrected chi connectivity index (χ1v) is 7.80. The van der Waals surface area contributed by atoms with Gasteiger partial charge in [0.15, 0.2) is 0 Å². The zero-order chi connectivity index (χ0) is 15.5. The van der Waals surface area contributed by atoms with E-state index in [1.165, 1.54) is 16.7 Å². The van der Waals surface area contributed by atoms with Gasteiger partial charge < -0.3 is 10.6 Å². The molecule has 0 radical (unpaired) electrons. The second-order valence-corrected chi connectivity index (χ2v) is 6.05. The summed E-state index contributed by atoms with van der Waals surface area (Å²) in [6, 6.07) is 16.5. The van der Waals surface area contributed by atoms with Crippen molar-refractivity contribution in [2.75, 3.05) is 0 Å². The van der Waals surface area contributed by atoms with E-state index in [9.17, 15) is 4.79 Å². The summed E-state index contributed by atoms with van der Waals surface area (Å²) in [6.07, 6.45) is 0.753. The van der Waals surface area contributed by atoms with E-state index < -0.39 is 0 Å². The Labute approximate surface area is 131 Å². The van der Waals surface area contributed by atoms with E-state index >= 15 is 0 Å².